The van der Waals surface area contributed by atoms with Crippen molar-refractivity contribution in [1.82, 2.24) is 0 Å². The minimum atomic E-state index is -0.409. The molecule has 1 aromatic rings. The lowest BCUT2D eigenvalue weighted by molar-refractivity contribution is -0.131. The van der Waals surface area contributed by atoms with Crippen LogP contribution in [-0.2, 0) is 9.59 Å². The second-order valence-corrected chi connectivity index (χ2v) is 2.99. The number of hydrogen-bond acceptors (Lipinski definition) is 3. The zero-order valence-electron chi connectivity index (χ0n) is 8.74. The molecule has 15 heavy (non-hydrogen) atoms. The van der Waals surface area contributed by atoms with Gasteiger partial charge < -0.3 is 10.1 Å². The predicted molar refractivity (Wildman–Crippen MR) is 56.7 cm³/mol. The third-order valence-corrected chi connectivity index (χ3v) is 1.74. The van der Waals surface area contributed by atoms with Gasteiger partial charge in [0, 0.05) is 13.3 Å². The molecule has 0 fully saturated rings. The monoisotopic (exact) mass is 207 g/mol. The van der Waals surface area contributed by atoms with Gasteiger partial charge in [0.2, 0.25) is 5.91 Å². The quantitative estimate of drug-likeness (QED) is 0.609. The highest BCUT2D eigenvalue weighted by molar-refractivity contribution is 5.92. The van der Waals surface area contributed by atoms with Gasteiger partial charge in [-0.25, -0.2) is 0 Å². The molecule has 1 aromatic carbocycles. The van der Waals surface area contributed by atoms with Crippen molar-refractivity contribution < 1.29 is 14.3 Å². The molecule has 1 rings (SSSR count). The molecule has 4 nitrogen and oxygen atoms in total. The average molecular weight is 207 g/mol. The van der Waals surface area contributed by atoms with Crippen LogP contribution in [0.25, 0.3) is 0 Å². The van der Waals surface area contributed by atoms with Crippen LogP contribution in [0.1, 0.15) is 20.3 Å². The maximum Gasteiger partial charge on any atom is 0.308 e. The smallest absolute Gasteiger partial charge is 0.308 e. The molecular weight excluding hydrogens is 194 g/mol. The van der Waals surface area contributed by atoms with Gasteiger partial charge in [-0.05, 0) is 12.1 Å². The molecule has 0 heterocycles. The molecule has 0 spiro atoms. The molecule has 0 unspecified atom stereocenters. The Kier molecular flexibility index (Phi) is 3.85. The highest BCUT2D eigenvalue weighted by Crippen LogP contribution is 2.23. The summed E-state index contributed by atoms with van der Waals surface area (Å²) in [5.41, 5.74) is 0.513. The Balaban J connectivity index is 2.85. The fourth-order valence-electron chi connectivity index (χ4n) is 1.05. The van der Waals surface area contributed by atoms with Crippen molar-refractivity contribution in [3.63, 3.8) is 0 Å². The van der Waals surface area contributed by atoms with Gasteiger partial charge in [0.15, 0.2) is 5.75 Å². The van der Waals surface area contributed by atoms with Gasteiger partial charge in [0.25, 0.3) is 0 Å². The Morgan fingerprint density at radius 1 is 1.33 bits per heavy atom. The largest absolute Gasteiger partial charge is 0.424 e. The molecule has 0 aliphatic heterocycles. The van der Waals surface area contributed by atoms with Crippen LogP contribution in [-0.4, -0.2) is 11.9 Å². The number of anilines is 1. The number of rotatable bonds is 3. The number of carbonyl (C=O) groups excluding carboxylic acids is 2. The number of carbonyl (C=O) groups is 2. The van der Waals surface area contributed by atoms with Gasteiger partial charge in [-0.1, -0.05) is 19.1 Å². The summed E-state index contributed by atoms with van der Waals surface area (Å²) in [5.74, 6) is -0.158. The molecule has 0 aromatic heterocycles. The van der Waals surface area contributed by atoms with Crippen LogP contribution in [0.15, 0.2) is 24.3 Å². The summed E-state index contributed by atoms with van der Waals surface area (Å²) in [6, 6.07) is 6.82. The summed E-state index contributed by atoms with van der Waals surface area (Å²) >= 11 is 0. The normalized spacial score (nSPS) is 9.47. The third kappa shape index (κ3) is 3.42. The molecule has 4 heteroatoms. The van der Waals surface area contributed by atoms with Gasteiger partial charge in [-0.2, -0.15) is 0 Å². The Morgan fingerprint density at radius 2 is 2.00 bits per heavy atom. The SMILES string of the molecule is CCC(=O)Nc1ccccc1OC(C)=O. The van der Waals surface area contributed by atoms with E-state index >= 15 is 0 Å². The lowest BCUT2D eigenvalue weighted by Crippen LogP contribution is -2.11. The molecule has 0 bridgehead atoms. The standard InChI is InChI=1S/C11H13NO3/c1-3-11(14)12-9-6-4-5-7-10(9)15-8(2)13/h4-7H,3H2,1-2H3,(H,12,14). The molecular formula is C11H13NO3. The molecule has 0 radical (unpaired) electrons. The Morgan fingerprint density at radius 3 is 2.60 bits per heavy atom. The first kappa shape index (κ1) is 11.2. The minimum Gasteiger partial charge on any atom is -0.424 e. The number of ether oxygens (including phenoxy) is 1. The van der Waals surface area contributed by atoms with Gasteiger partial charge in [-0.3, -0.25) is 9.59 Å². The fourth-order valence-corrected chi connectivity index (χ4v) is 1.05. The molecule has 80 valence electrons. The van der Waals surface area contributed by atoms with Crippen molar-refractivity contribution in [2.45, 2.75) is 20.3 Å². The lowest BCUT2D eigenvalue weighted by Gasteiger charge is -2.09. The molecule has 0 saturated carbocycles. The Labute approximate surface area is 88.2 Å². The Bertz CT molecular complexity index is 374. The highest BCUT2D eigenvalue weighted by atomic mass is 16.5. The maximum absolute atomic E-state index is 11.2. The lowest BCUT2D eigenvalue weighted by atomic mass is 10.3. The summed E-state index contributed by atoms with van der Waals surface area (Å²) < 4.78 is 4.94. The number of nitrogens with one attached hydrogen (secondary N) is 1. The molecule has 1 amide bonds. The van der Waals surface area contributed by atoms with Gasteiger partial charge in [0.1, 0.15) is 0 Å². The predicted octanol–water partition coefficient (Wildman–Crippen LogP) is 1.96. The van der Waals surface area contributed by atoms with Crippen LogP contribution in [0.2, 0.25) is 0 Å². The Hall–Kier alpha value is -1.84. The van der Waals surface area contributed by atoms with E-state index in [1.165, 1.54) is 6.92 Å². The van der Waals surface area contributed by atoms with Crippen LogP contribution >= 0.6 is 0 Å². The van der Waals surface area contributed by atoms with E-state index < -0.39 is 5.97 Å². The number of hydrogen-bond donors (Lipinski definition) is 1. The number of amides is 1. The van der Waals surface area contributed by atoms with E-state index in [1.807, 2.05) is 0 Å². The van der Waals surface area contributed by atoms with E-state index in [0.29, 0.717) is 17.9 Å². The van der Waals surface area contributed by atoms with Crippen molar-refractivity contribution in [3.8, 4) is 5.75 Å². The zero-order valence-corrected chi connectivity index (χ0v) is 8.74. The van der Waals surface area contributed by atoms with Crippen molar-refractivity contribution in [2.75, 3.05) is 5.32 Å². The highest BCUT2D eigenvalue weighted by Gasteiger charge is 2.07. The fraction of sp³-hybridized carbons (Fsp3) is 0.273. The summed E-state index contributed by atoms with van der Waals surface area (Å²) in [5, 5.41) is 2.65. The first-order valence-corrected chi connectivity index (χ1v) is 4.70. The van der Waals surface area contributed by atoms with Crippen LogP contribution < -0.4 is 10.1 Å². The number of esters is 1. The van der Waals surface area contributed by atoms with E-state index in [-0.39, 0.29) is 5.91 Å². The molecule has 0 atom stereocenters. The van der Waals surface area contributed by atoms with E-state index in [9.17, 15) is 9.59 Å². The van der Waals surface area contributed by atoms with Gasteiger partial charge >= 0.3 is 5.97 Å². The second kappa shape index (κ2) is 5.14. The van der Waals surface area contributed by atoms with Gasteiger partial charge in [-0.15, -0.1) is 0 Å². The summed E-state index contributed by atoms with van der Waals surface area (Å²) in [7, 11) is 0. The van der Waals surface area contributed by atoms with Crippen LogP contribution in [0.3, 0.4) is 0 Å². The number of para-hydroxylation sites is 2. The topological polar surface area (TPSA) is 55.4 Å². The summed E-state index contributed by atoms with van der Waals surface area (Å²) in [6.45, 7) is 3.07. The second-order valence-electron chi connectivity index (χ2n) is 2.99. The van der Waals surface area contributed by atoms with Crippen LogP contribution in [0.5, 0.6) is 5.75 Å². The van der Waals surface area contributed by atoms with Crippen molar-refractivity contribution in [3.05, 3.63) is 24.3 Å². The summed E-state index contributed by atoms with van der Waals surface area (Å²) in [6.07, 6.45) is 0.383. The zero-order chi connectivity index (χ0) is 11.3. The number of benzene rings is 1. The average Bonchev–Trinajstić information content (AvgIpc) is 2.20. The third-order valence-electron chi connectivity index (χ3n) is 1.74. The molecule has 0 aliphatic carbocycles. The maximum atomic E-state index is 11.2. The first-order chi connectivity index (χ1) is 7.13. The van der Waals surface area contributed by atoms with Crippen molar-refractivity contribution in [2.24, 2.45) is 0 Å². The van der Waals surface area contributed by atoms with E-state index in [0.717, 1.165) is 0 Å². The molecule has 0 saturated heterocycles. The van der Waals surface area contributed by atoms with E-state index in [1.54, 1.807) is 31.2 Å². The van der Waals surface area contributed by atoms with Crippen LogP contribution in [0, 0.1) is 0 Å². The van der Waals surface area contributed by atoms with Gasteiger partial charge in [0.05, 0.1) is 5.69 Å². The van der Waals surface area contributed by atoms with Crippen molar-refractivity contribution in [1.29, 1.82) is 0 Å². The first-order valence-electron chi connectivity index (χ1n) is 4.70. The van der Waals surface area contributed by atoms with E-state index in [2.05, 4.69) is 5.32 Å². The minimum absolute atomic E-state index is 0.116. The summed E-state index contributed by atoms with van der Waals surface area (Å²) in [4.78, 5) is 22.0. The van der Waals surface area contributed by atoms with E-state index in [4.69, 9.17) is 4.74 Å². The molecule has 0 aliphatic rings. The van der Waals surface area contributed by atoms with Crippen LogP contribution in [0.4, 0.5) is 5.69 Å². The van der Waals surface area contributed by atoms with Crippen molar-refractivity contribution >= 4 is 17.6 Å². The molecule has 1 N–H and O–H groups in total.